The van der Waals surface area contributed by atoms with Gasteiger partial charge in [0.15, 0.2) is 0 Å². The molecule has 1 amide bonds. The Bertz CT molecular complexity index is 336. The van der Waals surface area contributed by atoms with E-state index in [0.717, 1.165) is 12.1 Å². The number of carbonyl (C=O) groups is 1. The fraction of sp³-hybridized carbons (Fsp3) is 0.417. The molecule has 0 aliphatic rings. The Morgan fingerprint density at radius 3 is 2.80 bits per heavy atom. The molecule has 3 heteroatoms. The van der Waals surface area contributed by atoms with Gasteiger partial charge in [-0.1, -0.05) is 26.0 Å². The number of nitrogens with one attached hydrogen (secondary N) is 1. The molecule has 0 aliphatic carbocycles. The molecule has 0 radical (unpaired) electrons. The van der Waals surface area contributed by atoms with Gasteiger partial charge in [0.2, 0.25) is 5.91 Å². The van der Waals surface area contributed by atoms with E-state index in [-0.39, 0.29) is 5.91 Å². The summed E-state index contributed by atoms with van der Waals surface area (Å²) in [5, 5.41) is 2.80. The molecule has 0 heterocycles. The molecule has 0 bridgehead atoms. The molecule has 0 saturated heterocycles. The van der Waals surface area contributed by atoms with Crippen LogP contribution in [0.4, 0.5) is 5.69 Å². The van der Waals surface area contributed by atoms with Crippen LogP contribution in [0.2, 0.25) is 0 Å². The molecule has 1 atom stereocenters. The van der Waals surface area contributed by atoms with Crippen molar-refractivity contribution in [3.05, 3.63) is 29.8 Å². The van der Waals surface area contributed by atoms with Crippen LogP contribution in [0, 0.1) is 0 Å². The lowest BCUT2D eigenvalue weighted by Gasteiger charge is -2.10. The van der Waals surface area contributed by atoms with Gasteiger partial charge in [-0.15, -0.1) is 0 Å². The maximum absolute atomic E-state index is 11.5. The Labute approximate surface area is 90.7 Å². The molecule has 0 aliphatic heterocycles. The fourth-order valence-corrected chi connectivity index (χ4v) is 1.29. The molecule has 3 nitrogen and oxygen atoms in total. The number of amides is 1. The molecule has 0 fully saturated rings. The van der Waals surface area contributed by atoms with Crippen molar-refractivity contribution in [3.63, 3.8) is 0 Å². The highest BCUT2D eigenvalue weighted by Crippen LogP contribution is 2.11. The van der Waals surface area contributed by atoms with Crippen LogP contribution < -0.4 is 11.1 Å². The summed E-state index contributed by atoms with van der Waals surface area (Å²) >= 11 is 0. The summed E-state index contributed by atoms with van der Waals surface area (Å²) in [7, 11) is 0. The van der Waals surface area contributed by atoms with Gasteiger partial charge in [-0.05, 0) is 30.5 Å². The number of nitrogens with two attached hydrogens (primary N) is 1. The van der Waals surface area contributed by atoms with Crippen molar-refractivity contribution in [3.8, 4) is 0 Å². The minimum Gasteiger partial charge on any atom is -0.325 e. The molecular weight excluding hydrogens is 188 g/mol. The third kappa shape index (κ3) is 3.36. The quantitative estimate of drug-likeness (QED) is 0.790. The van der Waals surface area contributed by atoms with Gasteiger partial charge in [-0.25, -0.2) is 0 Å². The molecule has 1 unspecified atom stereocenters. The first-order chi connectivity index (χ1) is 7.17. The summed E-state index contributed by atoms with van der Waals surface area (Å²) < 4.78 is 0. The van der Waals surface area contributed by atoms with Gasteiger partial charge in [-0.3, -0.25) is 4.79 Å². The van der Waals surface area contributed by atoms with Crippen LogP contribution in [-0.2, 0) is 11.2 Å². The SMILES string of the molecule is CCc1cccc(NC(=O)C(N)CC)c1. The molecule has 1 aromatic rings. The summed E-state index contributed by atoms with van der Waals surface area (Å²) in [5.74, 6) is -0.120. The predicted molar refractivity (Wildman–Crippen MR) is 62.7 cm³/mol. The third-order valence-electron chi connectivity index (χ3n) is 2.38. The Morgan fingerprint density at radius 2 is 2.20 bits per heavy atom. The zero-order chi connectivity index (χ0) is 11.3. The second-order valence-electron chi connectivity index (χ2n) is 3.56. The summed E-state index contributed by atoms with van der Waals surface area (Å²) in [6, 6.07) is 7.40. The topological polar surface area (TPSA) is 55.1 Å². The van der Waals surface area contributed by atoms with Crippen LogP contribution in [-0.4, -0.2) is 11.9 Å². The monoisotopic (exact) mass is 206 g/mol. The fourth-order valence-electron chi connectivity index (χ4n) is 1.29. The van der Waals surface area contributed by atoms with Crippen LogP contribution in [0.1, 0.15) is 25.8 Å². The van der Waals surface area contributed by atoms with Crippen molar-refractivity contribution < 1.29 is 4.79 Å². The van der Waals surface area contributed by atoms with E-state index in [1.54, 1.807) is 0 Å². The molecule has 1 rings (SSSR count). The third-order valence-corrected chi connectivity index (χ3v) is 2.38. The van der Waals surface area contributed by atoms with E-state index in [9.17, 15) is 4.79 Å². The maximum atomic E-state index is 11.5. The van der Waals surface area contributed by atoms with Gasteiger partial charge in [0.05, 0.1) is 6.04 Å². The molecular formula is C12H18N2O. The van der Waals surface area contributed by atoms with Crippen molar-refractivity contribution in [1.82, 2.24) is 0 Å². The lowest BCUT2D eigenvalue weighted by Crippen LogP contribution is -2.34. The highest BCUT2D eigenvalue weighted by Gasteiger charge is 2.10. The van der Waals surface area contributed by atoms with E-state index >= 15 is 0 Å². The van der Waals surface area contributed by atoms with Crippen LogP contribution in [0.15, 0.2) is 24.3 Å². The Balaban J connectivity index is 2.68. The first kappa shape index (κ1) is 11.7. The second-order valence-corrected chi connectivity index (χ2v) is 3.56. The van der Waals surface area contributed by atoms with Crippen LogP contribution in [0.3, 0.4) is 0 Å². The van der Waals surface area contributed by atoms with E-state index < -0.39 is 6.04 Å². The Morgan fingerprint density at radius 1 is 1.47 bits per heavy atom. The average Bonchev–Trinajstić information content (AvgIpc) is 2.28. The van der Waals surface area contributed by atoms with E-state index in [4.69, 9.17) is 5.73 Å². The maximum Gasteiger partial charge on any atom is 0.241 e. The van der Waals surface area contributed by atoms with E-state index in [1.165, 1.54) is 5.56 Å². The van der Waals surface area contributed by atoms with Crippen LogP contribution >= 0.6 is 0 Å². The first-order valence-electron chi connectivity index (χ1n) is 5.32. The van der Waals surface area contributed by atoms with Gasteiger partial charge < -0.3 is 11.1 Å². The van der Waals surface area contributed by atoms with Gasteiger partial charge in [0.25, 0.3) is 0 Å². The lowest BCUT2D eigenvalue weighted by molar-refractivity contribution is -0.117. The number of anilines is 1. The van der Waals surface area contributed by atoms with Crippen LogP contribution in [0.25, 0.3) is 0 Å². The number of hydrogen-bond donors (Lipinski definition) is 2. The van der Waals surface area contributed by atoms with Crippen LogP contribution in [0.5, 0.6) is 0 Å². The van der Waals surface area contributed by atoms with Gasteiger partial charge in [0.1, 0.15) is 0 Å². The number of aryl methyl sites for hydroxylation is 1. The number of carbonyl (C=O) groups excluding carboxylic acids is 1. The number of rotatable bonds is 4. The van der Waals surface area contributed by atoms with Gasteiger partial charge in [-0.2, -0.15) is 0 Å². The Hall–Kier alpha value is -1.35. The zero-order valence-corrected chi connectivity index (χ0v) is 9.29. The highest BCUT2D eigenvalue weighted by molar-refractivity contribution is 5.94. The zero-order valence-electron chi connectivity index (χ0n) is 9.29. The Kier molecular flexibility index (Phi) is 4.31. The van der Waals surface area contributed by atoms with Crippen molar-refractivity contribution in [1.29, 1.82) is 0 Å². The van der Waals surface area contributed by atoms with Crippen molar-refractivity contribution >= 4 is 11.6 Å². The largest absolute Gasteiger partial charge is 0.325 e. The normalized spacial score (nSPS) is 12.2. The summed E-state index contributed by atoms with van der Waals surface area (Å²) in [6.07, 6.45) is 1.61. The molecule has 0 aromatic heterocycles. The van der Waals surface area contributed by atoms with E-state index in [2.05, 4.69) is 12.2 Å². The van der Waals surface area contributed by atoms with Crippen molar-refractivity contribution in [2.45, 2.75) is 32.7 Å². The smallest absolute Gasteiger partial charge is 0.241 e. The molecule has 3 N–H and O–H groups in total. The summed E-state index contributed by atoms with van der Waals surface area (Å²) in [5.41, 5.74) is 7.65. The van der Waals surface area contributed by atoms with E-state index in [0.29, 0.717) is 6.42 Å². The number of benzene rings is 1. The van der Waals surface area contributed by atoms with Gasteiger partial charge in [0, 0.05) is 5.69 Å². The predicted octanol–water partition coefficient (Wildman–Crippen LogP) is 1.92. The standard InChI is InChI=1S/C12H18N2O/c1-3-9-6-5-7-10(8-9)14-12(15)11(13)4-2/h5-8,11H,3-4,13H2,1-2H3,(H,14,15). The van der Waals surface area contributed by atoms with E-state index in [1.807, 2.05) is 31.2 Å². The lowest BCUT2D eigenvalue weighted by atomic mass is 10.1. The average molecular weight is 206 g/mol. The van der Waals surface area contributed by atoms with Gasteiger partial charge >= 0.3 is 0 Å². The first-order valence-corrected chi connectivity index (χ1v) is 5.32. The summed E-state index contributed by atoms with van der Waals surface area (Å²) in [4.78, 5) is 11.5. The number of hydrogen-bond acceptors (Lipinski definition) is 2. The van der Waals surface area contributed by atoms with Crippen molar-refractivity contribution in [2.24, 2.45) is 5.73 Å². The molecule has 82 valence electrons. The minimum atomic E-state index is -0.421. The second kappa shape index (κ2) is 5.51. The molecule has 15 heavy (non-hydrogen) atoms. The van der Waals surface area contributed by atoms with Crippen molar-refractivity contribution in [2.75, 3.05) is 5.32 Å². The molecule has 0 spiro atoms. The minimum absolute atomic E-state index is 0.120. The summed E-state index contributed by atoms with van der Waals surface area (Å²) in [6.45, 7) is 3.98. The molecule has 0 saturated carbocycles. The highest BCUT2D eigenvalue weighted by atomic mass is 16.2. The molecule has 1 aromatic carbocycles.